The Morgan fingerprint density at radius 3 is 3.07 bits per heavy atom. The minimum absolute atomic E-state index is 0.0431. The predicted molar refractivity (Wildman–Crippen MR) is 54.2 cm³/mol. The Morgan fingerprint density at radius 1 is 1.53 bits per heavy atom. The van der Waals surface area contributed by atoms with Crippen molar-refractivity contribution in [1.82, 2.24) is 15.5 Å². The molecule has 0 aliphatic carbocycles. The van der Waals surface area contributed by atoms with Crippen LogP contribution in [0.1, 0.15) is 44.5 Å². The lowest BCUT2D eigenvalue weighted by molar-refractivity contribution is 0.103. The van der Waals surface area contributed by atoms with E-state index in [1.54, 1.807) is 0 Å². The molecule has 2 heterocycles. The average Bonchev–Trinajstić information content (AvgIpc) is 2.85. The summed E-state index contributed by atoms with van der Waals surface area (Å²) in [5.41, 5.74) is 0. The molecule has 0 spiro atoms. The molecule has 15 heavy (non-hydrogen) atoms. The molecule has 0 amide bonds. The van der Waals surface area contributed by atoms with Crippen molar-refractivity contribution in [2.24, 2.45) is 0 Å². The van der Waals surface area contributed by atoms with Gasteiger partial charge in [0.05, 0.1) is 6.54 Å². The van der Waals surface area contributed by atoms with Crippen LogP contribution < -0.4 is 5.32 Å². The monoisotopic (exact) mass is 211 g/mol. The zero-order chi connectivity index (χ0) is 10.7. The van der Waals surface area contributed by atoms with Crippen LogP contribution in [0.3, 0.4) is 0 Å². The van der Waals surface area contributed by atoms with E-state index < -0.39 is 0 Å². The molecule has 0 saturated carbocycles. The van der Waals surface area contributed by atoms with Crippen LogP contribution in [0.25, 0.3) is 0 Å². The van der Waals surface area contributed by atoms with Crippen molar-refractivity contribution in [1.29, 1.82) is 0 Å². The quantitative estimate of drug-likeness (QED) is 0.816. The van der Waals surface area contributed by atoms with Gasteiger partial charge in [0.25, 0.3) is 0 Å². The fraction of sp³-hybridized carbons (Fsp3) is 0.800. The molecule has 2 rings (SSSR count). The number of hydrogen-bond acceptors (Lipinski definition) is 5. The van der Waals surface area contributed by atoms with Gasteiger partial charge in [-0.25, -0.2) is 0 Å². The fourth-order valence-corrected chi connectivity index (χ4v) is 1.54. The first-order chi connectivity index (χ1) is 7.25. The molecule has 1 aliphatic heterocycles. The largest absolute Gasteiger partial charge is 0.370 e. The van der Waals surface area contributed by atoms with Crippen molar-refractivity contribution in [2.75, 3.05) is 6.61 Å². The lowest BCUT2D eigenvalue weighted by Crippen LogP contribution is -2.22. The molecule has 1 unspecified atom stereocenters. The minimum atomic E-state index is 0.0431. The van der Waals surface area contributed by atoms with Crippen molar-refractivity contribution in [3.8, 4) is 0 Å². The molecule has 1 aromatic rings. The molecule has 1 aliphatic rings. The van der Waals surface area contributed by atoms with E-state index in [4.69, 9.17) is 9.26 Å². The summed E-state index contributed by atoms with van der Waals surface area (Å²) in [5, 5.41) is 7.15. The molecular formula is C10H17N3O2. The van der Waals surface area contributed by atoms with E-state index in [1.807, 2.05) is 0 Å². The van der Waals surface area contributed by atoms with Gasteiger partial charge in [-0.05, 0) is 12.8 Å². The molecular weight excluding hydrogens is 194 g/mol. The van der Waals surface area contributed by atoms with Gasteiger partial charge in [0.1, 0.15) is 6.10 Å². The minimum Gasteiger partial charge on any atom is -0.370 e. The maximum Gasteiger partial charge on any atom is 0.240 e. The Balaban J connectivity index is 1.91. The Morgan fingerprint density at radius 2 is 2.40 bits per heavy atom. The van der Waals surface area contributed by atoms with Crippen LogP contribution in [0.2, 0.25) is 0 Å². The van der Waals surface area contributed by atoms with Crippen LogP contribution in [0.4, 0.5) is 0 Å². The predicted octanol–water partition coefficient (Wildman–Crippen LogP) is 1.42. The lowest BCUT2D eigenvalue weighted by atomic mass is 10.2. The summed E-state index contributed by atoms with van der Waals surface area (Å²) in [7, 11) is 0. The average molecular weight is 211 g/mol. The standard InChI is InChI=1S/C10H17N3O2/c1-7(2)11-6-9-12-10(13-15-9)8-4-3-5-14-8/h7-8,11H,3-6H2,1-2H3. The summed E-state index contributed by atoms with van der Waals surface area (Å²) in [6, 6.07) is 0.420. The van der Waals surface area contributed by atoms with Gasteiger partial charge in [0, 0.05) is 12.6 Å². The van der Waals surface area contributed by atoms with E-state index in [2.05, 4.69) is 29.3 Å². The van der Waals surface area contributed by atoms with Gasteiger partial charge >= 0.3 is 0 Å². The van der Waals surface area contributed by atoms with Crippen molar-refractivity contribution < 1.29 is 9.26 Å². The Labute approximate surface area is 89.2 Å². The van der Waals surface area contributed by atoms with Gasteiger partial charge in [-0.2, -0.15) is 4.98 Å². The molecule has 0 aromatic carbocycles. The van der Waals surface area contributed by atoms with E-state index in [0.717, 1.165) is 19.4 Å². The third kappa shape index (κ3) is 2.76. The highest BCUT2D eigenvalue weighted by molar-refractivity contribution is 4.92. The van der Waals surface area contributed by atoms with Crippen LogP contribution in [0, 0.1) is 0 Å². The summed E-state index contributed by atoms with van der Waals surface area (Å²) >= 11 is 0. The van der Waals surface area contributed by atoms with Crippen molar-refractivity contribution in [3.63, 3.8) is 0 Å². The maximum atomic E-state index is 5.47. The number of ether oxygens (including phenoxy) is 1. The zero-order valence-electron chi connectivity index (χ0n) is 9.19. The summed E-state index contributed by atoms with van der Waals surface area (Å²) in [6.07, 6.45) is 2.12. The Hall–Kier alpha value is -0.940. The van der Waals surface area contributed by atoms with Gasteiger partial charge in [0.15, 0.2) is 0 Å². The van der Waals surface area contributed by atoms with E-state index >= 15 is 0 Å². The molecule has 0 radical (unpaired) electrons. The molecule has 0 bridgehead atoms. The normalized spacial score (nSPS) is 21.4. The number of rotatable bonds is 4. The molecule has 1 aromatic heterocycles. The highest BCUT2D eigenvalue weighted by Crippen LogP contribution is 2.25. The highest BCUT2D eigenvalue weighted by atomic mass is 16.5. The Bertz CT molecular complexity index is 305. The van der Waals surface area contributed by atoms with Crippen molar-refractivity contribution in [3.05, 3.63) is 11.7 Å². The lowest BCUT2D eigenvalue weighted by Gasteiger charge is -2.03. The van der Waals surface area contributed by atoms with E-state index in [1.165, 1.54) is 0 Å². The van der Waals surface area contributed by atoms with Crippen LogP contribution >= 0.6 is 0 Å². The number of nitrogens with one attached hydrogen (secondary N) is 1. The van der Waals surface area contributed by atoms with Crippen molar-refractivity contribution >= 4 is 0 Å². The second-order valence-corrected chi connectivity index (χ2v) is 4.08. The number of nitrogens with zero attached hydrogens (tertiary/aromatic N) is 2. The van der Waals surface area contributed by atoms with Crippen LogP contribution in [0.15, 0.2) is 4.52 Å². The van der Waals surface area contributed by atoms with Gasteiger partial charge in [-0.15, -0.1) is 0 Å². The number of aromatic nitrogens is 2. The molecule has 84 valence electrons. The van der Waals surface area contributed by atoms with E-state index in [9.17, 15) is 0 Å². The Kier molecular flexibility index (Phi) is 3.33. The fourth-order valence-electron chi connectivity index (χ4n) is 1.54. The summed E-state index contributed by atoms with van der Waals surface area (Å²) in [6.45, 7) is 5.59. The second kappa shape index (κ2) is 4.72. The molecule has 1 saturated heterocycles. The third-order valence-electron chi connectivity index (χ3n) is 2.36. The summed E-state index contributed by atoms with van der Waals surface area (Å²) in [5.74, 6) is 1.32. The molecule has 1 fully saturated rings. The zero-order valence-corrected chi connectivity index (χ0v) is 9.19. The van der Waals surface area contributed by atoms with Gasteiger partial charge in [-0.1, -0.05) is 19.0 Å². The maximum absolute atomic E-state index is 5.47. The first-order valence-corrected chi connectivity index (χ1v) is 5.43. The van der Waals surface area contributed by atoms with Crippen molar-refractivity contribution in [2.45, 2.75) is 45.4 Å². The van der Waals surface area contributed by atoms with E-state index in [0.29, 0.717) is 24.3 Å². The topological polar surface area (TPSA) is 60.2 Å². The molecule has 5 nitrogen and oxygen atoms in total. The SMILES string of the molecule is CC(C)NCc1nc(C2CCCO2)no1. The molecule has 5 heteroatoms. The summed E-state index contributed by atoms with van der Waals surface area (Å²) < 4.78 is 10.6. The second-order valence-electron chi connectivity index (χ2n) is 4.08. The van der Waals surface area contributed by atoms with Gasteiger partial charge in [0.2, 0.25) is 11.7 Å². The first-order valence-electron chi connectivity index (χ1n) is 5.43. The van der Waals surface area contributed by atoms with Crippen LogP contribution in [-0.2, 0) is 11.3 Å². The highest BCUT2D eigenvalue weighted by Gasteiger charge is 2.22. The summed E-state index contributed by atoms with van der Waals surface area (Å²) in [4.78, 5) is 4.30. The van der Waals surface area contributed by atoms with Crippen LogP contribution in [0.5, 0.6) is 0 Å². The molecule has 1 N–H and O–H groups in total. The van der Waals surface area contributed by atoms with E-state index in [-0.39, 0.29) is 6.10 Å². The molecule has 1 atom stereocenters. The van der Waals surface area contributed by atoms with Gasteiger partial charge in [-0.3, -0.25) is 0 Å². The van der Waals surface area contributed by atoms with Gasteiger partial charge < -0.3 is 14.6 Å². The number of hydrogen-bond donors (Lipinski definition) is 1. The third-order valence-corrected chi connectivity index (χ3v) is 2.36. The smallest absolute Gasteiger partial charge is 0.240 e. The van der Waals surface area contributed by atoms with Crippen LogP contribution in [-0.4, -0.2) is 22.8 Å². The first kappa shape index (κ1) is 10.6.